The van der Waals surface area contributed by atoms with Crippen molar-refractivity contribution in [3.05, 3.63) is 29.8 Å². The van der Waals surface area contributed by atoms with E-state index in [1.165, 1.54) is 0 Å². The average Bonchev–Trinajstić information content (AvgIpc) is 3.26. The van der Waals surface area contributed by atoms with Gasteiger partial charge in [0.05, 0.1) is 6.54 Å². The largest absolute Gasteiger partial charge is 0.444 e. The van der Waals surface area contributed by atoms with E-state index in [9.17, 15) is 9.59 Å². The molecule has 1 aromatic carbocycles. The third kappa shape index (κ3) is 6.87. The van der Waals surface area contributed by atoms with Gasteiger partial charge in [0, 0.05) is 37.8 Å². The number of hydrogen-bond donors (Lipinski definition) is 2. The highest BCUT2D eigenvalue weighted by molar-refractivity contribution is 5.92. The van der Waals surface area contributed by atoms with Crippen LogP contribution in [0.4, 0.5) is 10.5 Å². The molecular formula is C23H35N5O3. The Balaban J connectivity index is 1.49. The summed E-state index contributed by atoms with van der Waals surface area (Å²) in [5.74, 6) is 0.710. The van der Waals surface area contributed by atoms with Crippen molar-refractivity contribution in [2.24, 2.45) is 16.6 Å². The van der Waals surface area contributed by atoms with Crippen LogP contribution in [0.15, 0.2) is 29.3 Å². The number of nitrogens with one attached hydrogen (secondary N) is 1. The molecule has 1 saturated heterocycles. The van der Waals surface area contributed by atoms with E-state index in [1.807, 2.05) is 49.9 Å². The van der Waals surface area contributed by atoms with Gasteiger partial charge in [0.25, 0.3) is 0 Å². The van der Waals surface area contributed by atoms with Gasteiger partial charge in [-0.2, -0.15) is 0 Å². The standard InChI is InChI=1S/C23H35N5O3/c1-23(2,3)31-22(30)28-13-11-27(12-14-28)21(24)25-16-17-7-6-10-19(15-17)26-20(29)18-8-4-5-9-18/h6-7,10,15,18H,4-5,8-9,11-14,16H2,1-3H3,(H2,24,25)(H,26,29). The molecule has 0 bridgehead atoms. The van der Waals surface area contributed by atoms with E-state index in [2.05, 4.69) is 10.3 Å². The first-order valence-corrected chi connectivity index (χ1v) is 11.1. The maximum Gasteiger partial charge on any atom is 0.410 e. The molecule has 2 amide bonds. The van der Waals surface area contributed by atoms with Crippen LogP contribution < -0.4 is 11.1 Å². The Morgan fingerprint density at radius 2 is 1.77 bits per heavy atom. The van der Waals surface area contributed by atoms with Crippen molar-refractivity contribution in [2.45, 2.75) is 58.6 Å². The number of aliphatic imine (C=N–C) groups is 1. The molecule has 31 heavy (non-hydrogen) atoms. The van der Waals surface area contributed by atoms with E-state index in [1.54, 1.807) is 4.90 Å². The van der Waals surface area contributed by atoms with Crippen LogP contribution in [0.25, 0.3) is 0 Å². The smallest absolute Gasteiger partial charge is 0.410 e. The highest BCUT2D eigenvalue weighted by atomic mass is 16.6. The number of nitrogens with two attached hydrogens (primary N) is 1. The minimum atomic E-state index is -0.500. The van der Waals surface area contributed by atoms with Gasteiger partial charge in [-0.15, -0.1) is 0 Å². The quantitative estimate of drug-likeness (QED) is 0.566. The molecule has 3 rings (SSSR count). The van der Waals surface area contributed by atoms with E-state index in [4.69, 9.17) is 10.5 Å². The Kier molecular flexibility index (Phi) is 7.41. The molecule has 1 aliphatic carbocycles. The van der Waals surface area contributed by atoms with Crippen molar-refractivity contribution in [2.75, 3.05) is 31.5 Å². The minimum Gasteiger partial charge on any atom is -0.444 e. The van der Waals surface area contributed by atoms with Crippen LogP contribution in [-0.2, 0) is 16.1 Å². The SMILES string of the molecule is CC(C)(C)OC(=O)N1CCN(C(N)=NCc2cccc(NC(=O)C3CCCC3)c2)CC1. The van der Waals surface area contributed by atoms with E-state index in [-0.39, 0.29) is 17.9 Å². The average molecular weight is 430 g/mol. The fourth-order valence-corrected chi connectivity index (χ4v) is 3.90. The number of guanidine groups is 1. The number of rotatable bonds is 4. The predicted molar refractivity (Wildman–Crippen MR) is 122 cm³/mol. The van der Waals surface area contributed by atoms with Crippen molar-refractivity contribution in [1.29, 1.82) is 0 Å². The minimum absolute atomic E-state index is 0.112. The molecule has 2 fully saturated rings. The summed E-state index contributed by atoms with van der Waals surface area (Å²) in [6.45, 7) is 8.36. The third-order valence-corrected chi connectivity index (χ3v) is 5.60. The Hall–Kier alpha value is -2.77. The van der Waals surface area contributed by atoms with E-state index < -0.39 is 5.60 Å². The Morgan fingerprint density at radius 1 is 1.13 bits per heavy atom. The van der Waals surface area contributed by atoms with Crippen molar-refractivity contribution in [3.63, 3.8) is 0 Å². The lowest BCUT2D eigenvalue weighted by Gasteiger charge is -2.36. The summed E-state index contributed by atoms with van der Waals surface area (Å²) in [5, 5.41) is 3.03. The first-order chi connectivity index (χ1) is 14.7. The molecule has 0 unspecified atom stereocenters. The van der Waals surface area contributed by atoms with E-state index in [0.717, 1.165) is 36.9 Å². The van der Waals surface area contributed by atoms with E-state index in [0.29, 0.717) is 38.7 Å². The molecule has 2 aliphatic rings. The number of benzene rings is 1. The fraction of sp³-hybridized carbons (Fsp3) is 0.609. The van der Waals surface area contributed by atoms with Gasteiger partial charge in [-0.3, -0.25) is 4.79 Å². The highest BCUT2D eigenvalue weighted by Crippen LogP contribution is 2.26. The van der Waals surface area contributed by atoms with Gasteiger partial charge < -0.3 is 25.6 Å². The zero-order valence-corrected chi connectivity index (χ0v) is 18.9. The molecule has 8 nitrogen and oxygen atoms in total. The van der Waals surface area contributed by atoms with Gasteiger partial charge >= 0.3 is 6.09 Å². The summed E-state index contributed by atoms with van der Waals surface area (Å²) in [4.78, 5) is 32.7. The zero-order valence-electron chi connectivity index (χ0n) is 18.9. The molecular weight excluding hydrogens is 394 g/mol. The first-order valence-electron chi connectivity index (χ1n) is 11.1. The van der Waals surface area contributed by atoms with Crippen molar-refractivity contribution in [3.8, 4) is 0 Å². The number of anilines is 1. The van der Waals surface area contributed by atoms with Crippen LogP contribution >= 0.6 is 0 Å². The molecule has 1 aromatic rings. The second kappa shape index (κ2) is 10.0. The molecule has 3 N–H and O–H groups in total. The van der Waals surface area contributed by atoms with Gasteiger partial charge in [-0.25, -0.2) is 9.79 Å². The van der Waals surface area contributed by atoms with Gasteiger partial charge in [-0.05, 0) is 51.3 Å². The van der Waals surface area contributed by atoms with Crippen LogP contribution in [0.2, 0.25) is 0 Å². The lowest BCUT2D eigenvalue weighted by atomic mass is 10.1. The van der Waals surface area contributed by atoms with Crippen molar-refractivity contribution in [1.82, 2.24) is 9.80 Å². The maximum atomic E-state index is 12.3. The Bertz CT molecular complexity index is 804. The molecule has 1 heterocycles. The van der Waals surface area contributed by atoms with Crippen molar-refractivity contribution >= 4 is 23.6 Å². The fourth-order valence-electron chi connectivity index (χ4n) is 3.90. The number of ether oxygens (including phenoxy) is 1. The summed E-state index contributed by atoms with van der Waals surface area (Å²) < 4.78 is 5.43. The molecule has 0 atom stereocenters. The Labute approximate surface area is 184 Å². The van der Waals surface area contributed by atoms with Gasteiger partial charge in [0.15, 0.2) is 5.96 Å². The predicted octanol–water partition coefficient (Wildman–Crippen LogP) is 3.18. The van der Waals surface area contributed by atoms with Crippen LogP contribution in [0, 0.1) is 5.92 Å². The molecule has 0 spiro atoms. The van der Waals surface area contributed by atoms with E-state index >= 15 is 0 Å². The number of amides is 2. The lowest BCUT2D eigenvalue weighted by Crippen LogP contribution is -2.53. The normalized spacial score (nSPS) is 18.2. The second-order valence-electron chi connectivity index (χ2n) is 9.30. The summed E-state index contributed by atoms with van der Waals surface area (Å²) in [6.07, 6.45) is 3.94. The number of nitrogens with zero attached hydrogens (tertiary/aromatic N) is 3. The summed E-state index contributed by atoms with van der Waals surface area (Å²) in [5.41, 5.74) is 7.48. The highest BCUT2D eigenvalue weighted by Gasteiger charge is 2.26. The molecule has 0 aromatic heterocycles. The number of piperazine rings is 1. The van der Waals surface area contributed by atoms with Crippen LogP contribution in [-0.4, -0.2) is 59.5 Å². The molecule has 0 radical (unpaired) electrons. The van der Waals surface area contributed by atoms with Crippen molar-refractivity contribution < 1.29 is 14.3 Å². The molecule has 170 valence electrons. The topological polar surface area (TPSA) is 100 Å². The molecule has 8 heteroatoms. The second-order valence-corrected chi connectivity index (χ2v) is 9.30. The number of carbonyl (C=O) groups is 2. The number of carbonyl (C=O) groups excluding carboxylic acids is 2. The molecule has 1 aliphatic heterocycles. The molecule has 1 saturated carbocycles. The maximum absolute atomic E-state index is 12.3. The first kappa shape index (κ1) is 22.9. The van der Waals surface area contributed by atoms with Crippen LogP contribution in [0.1, 0.15) is 52.0 Å². The summed E-state index contributed by atoms with van der Waals surface area (Å²) in [6, 6.07) is 7.75. The van der Waals surface area contributed by atoms with Gasteiger partial charge in [0.1, 0.15) is 5.60 Å². The number of hydrogen-bond acceptors (Lipinski definition) is 4. The monoisotopic (exact) mass is 429 g/mol. The zero-order chi connectivity index (χ0) is 22.4. The lowest BCUT2D eigenvalue weighted by molar-refractivity contribution is -0.119. The van der Waals surface area contributed by atoms with Crippen LogP contribution in [0.5, 0.6) is 0 Å². The Morgan fingerprint density at radius 3 is 2.42 bits per heavy atom. The van der Waals surface area contributed by atoms with Crippen LogP contribution in [0.3, 0.4) is 0 Å². The third-order valence-electron chi connectivity index (χ3n) is 5.60. The van der Waals surface area contributed by atoms with Gasteiger partial charge in [-0.1, -0.05) is 25.0 Å². The summed E-state index contributed by atoms with van der Waals surface area (Å²) in [7, 11) is 0. The van der Waals surface area contributed by atoms with Gasteiger partial charge in [0.2, 0.25) is 5.91 Å². The summed E-state index contributed by atoms with van der Waals surface area (Å²) >= 11 is 0.